The normalized spacial score (nSPS) is 15.7. The molecule has 0 amide bonds. The maximum absolute atomic E-state index is 11.8. The molecule has 23 heavy (non-hydrogen) atoms. The molecule has 0 saturated carbocycles. The largest absolute Gasteiger partial charge is 0.508 e. The Bertz CT molecular complexity index is 876. The zero-order chi connectivity index (χ0) is 16.2. The molecule has 2 aromatic carbocycles. The Morgan fingerprint density at radius 2 is 1.52 bits per heavy atom. The fourth-order valence-corrected chi connectivity index (χ4v) is 2.18. The lowest BCUT2D eigenvalue weighted by Crippen LogP contribution is -2.32. The van der Waals surface area contributed by atoms with Gasteiger partial charge in [0.05, 0.1) is 22.8 Å². The van der Waals surface area contributed by atoms with E-state index >= 15 is 0 Å². The Labute approximate surface area is 133 Å². The summed E-state index contributed by atoms with van der Waals surface area (Å²) in [5.41, 5.74) is 8.11. The van der Waals surface area contributed by atoms with E-state index < -0.39 is 6.04 Å². The highest BCUT2D eigenvalue weighted by Crippen LogP contribution is 2.18. The second kappa shape index (κ2) is 6.37. The highest BCUT2D eigenvalue weighted by molar-refractivity contribution is 6.05. The summed E-state index contributed by atoms with van der Waals surface area (Å²) in [6, 6.07) is 15.6. The number of para-hydroxylation sites is 3. The standard InChI is InChI=1S/C12H9N3O.C6H6O/c13-7-5-6-10-11(12(7)16)15-9-4-2-1-3-8(9)14-10;7-6-4-2-1-3-5-6/h1-7H,13H2;1-5,7H. The summed E-state index contributed by atoms with van der Waals surface area (Å²) in [5, 5.41) is 8.63. The van der Waals surface area contributed by atoms with E-state index in [-0.39, 0.29) is 5.78 Å². The summed E-state index contributed by atoms with van der Waals surface area (Å²) in [7, 11) is 0. The Hall–Kier alpha value is -3.05. The molecular formula is C18H15N3O2. The first kappa shape index (κ1) is 14.9. The zero-order valence-corrected chi connectivity index (χ0v) is 12.3. The highest BCUT2D eigenvalue weighted by atomic mass is 16.3. The van der Waals surface area contributed by atoms with Crippen LogP contribution in [0.1, 0.15) is 16.2 Å². The summed E-state index contributed by atoms with van der Waals surface area (Å²) in [6.07, 6.45) is 3.40. The summed E-state index contributed by atoms with van der Waals surface area (Å²) >= 11 is 0. The van der Waals surface area contributed by atoms with Gasteiger partial charge in [0.1, 0.15) is 11.4 Å². The van der Waals surface area contributed by atoms with Gasteiger partial charge in [0.2, 0.25) is 5.78 Å². The minimum Gasteiger partial charge on any atom is -0.508 e. The minimum atomic E-state index is -0.594. The number of aromatic nitrogens is 2. The van der Waals surface area contributed by atoms with Gasteiger partial charge in [-0.3, -0.25) is 4.79 Å². The Balaban J connectivity index is 0.000000188. The molecule has 0 fully saturated rings. The fraction of sp³-hybridized carbons (Fsp3) is 0.0556. The second-order valence-corrected chi connectivity index (χ2v) is 5.03. The van der Waals surface area contributed by atoms with Gasteiger partial charge in [0.25, 0.3) is 0 Å². The molecule has 3 aromatic rings. The van der Waals surface area contributed by atoms with Crippen molar-refractivity contribution < 1.29 is 9.90 Å². The van der Waals surface area contributed by atoms with Gasteiger partial charge < -0.3 is 10.8 Å². The van der Waals surface area contributed by atoms with Gasteiger partial charge in [0, 0.05) is 0 Å². The van der Waals surface area contributed by atoms with Crippen LogP contribution in [-0.2, 0) is 0 Å². The maximum atomic E-state index is 11.8. The van der Waals surface area contributed by atoms with Crippen LogP contribution in [0, 0.1) is 0 Å². The molecular weight excluding hydrogens is 290 g/mol. The van der Waals surface area contributed by atoms with E-state index in [9.17, 15) is 4.79 Å². The number of phenolic OH excluding ortho intramolecular Hbond substituents is 1. The van der Waals surface area contributed by atoms with Crippen LogP contribution in [0.3, 0.4) is 0 Å². The van der Waals surface area contributed by atoms with Crippen molar-refractivity contribution >= 4 is 22.9 Å². The van der Waals surface area contributed by atoms with Crippen molar-refractivity contribution in [3.05, 3.63) is 72.1 Å². The number of carbonyl (C=O) groups is 1. The molecule has 114 valence electrons. The number of rotatable bonds is 0. The minimum absolute atomic E-state index is 0.171. The van der Waals surface area contributed by atoms with E-state index in [2.05, 4.69) is 9.97 Å². The Kier molecular flexibility index (Phi) is 4.12. The summed E-state index contributed by atoms with van der Waals surface area (Å²) in [5.74, 6) is 0.151. The van der Waals surface area contributed by atoms with Crippen LogP contribution in [0.2, 0.25) is 0 Å². The number of aromatic hydroxyl groups is 1. The highest BCUT2D eigenvalue weighted by Gasteiger charge is 2.23. The molecule has 0 spiro atoms. The van der Waals surface area contributed by atoms with Gasteiger partial charge in [-0.1, -0.05) is 36.4 Å². The van der Waals surface area contributed by atoms with Gasteiger partial charge in [-0.25, -0.2) is 9.97 Å². The number of fused-ring (bicyclic) bond motifs is 2. The van der Waals surface area contributed by atoms with E-state index in [1.807, 2.05) is 30.3 Å². The molecule has 1 heterocycles. The number of benzene rings is 2. The van der Waals surface area contributed by atoms with Gasteiger partial charge in [-0.15, -0.1) is 0 Å². The van der Waals surface area contributed by atoms with Crippen molar-refractivity contribution in [1.82, 2.24) is 9.97 Å². The lowest BCUT2D eigenvalue weighted by Gasteiger charge is -2.13. The van der Waals surface area contributed by atoms with Gasteiger partial charge >= 0.3 is 0 Å². The van der Waals surface area contributed by atoms with Crippen molar-refractivity contribution in [3.8, 4) is 5.75 Å². The molecule has 1 aliphatic rings. The predicted molar refractivity (Wildman–Crippen MR) is 89.0 cm³/mol. The van der Waals surface area contributed by atoms with E-state index in [0.29, 0.717) is 17.1 Å². The van der Waals surface area contributed by atoms with Crippen LogP contribution < -0.4 is 5.73 Å². The molecule has 0 bridgehead atoms. The predicted octanol–water partition coefficient (Wildman–Crippen LogP) is 2.56. The van der Waals surface area contributed by atoms with Crippen molar-refractivity contribution in [2.75, 3.05) is 0 Å². The molecule has 1 atom stereocenters. The molecule has 1 aliphatic carbocycles. The van der Waals surface area contributed by atoms with Gasteiger partial charge in [0.15, 0.2) is 0 Å². The second-order valence-electron chi connectivity index (χ2n) is 5.03. The molecule has 1 unspecified atom stereocenters. The first-order valence-electron chi connectivity index (χ1n) is 7.14. The first-order valence-corrected chi connectivity index (χ1v) is 7.14. The lowest BCUT2D eigenvalue weighted by molar-refractivity contribution is 0.0971. The number of carbonyl (C=O) groups excluding carboxylic acids is 1. The number of phenols is 1. The topological polar surface area (TPSA) is 89.1 Å². The molecule has 1 aromatic heterocycles. The van der Waals surface area contributed by atoms with Crippen LogP contribution in [0.4, 0.5) is 0 Å². The monoisotopic (exact) mass is 305 g/mol. The quantitative estimate of drug-likeness (QED) is 0.666. The molecule has 0 radical (unpaired) electrons. The number of hydrogen-bond donors (Lipinski definition) is 2. The number of hydrogen-bond acceptors (Lipinski definition) is 5. The molecule has 3 N–H and O–H groups in total. The summed E-state index contributed by atoms with van der Waals surface area (Å²) in [4.78, 5) is 20.5. The van der Waals surface area contributed by atoms with E-state index in [0.717, 1.165) is 11.0 Å². The SMILES string of the molecule is NC1C=Cc2nc3ccccc3nc2C1=O.Oc1ccccc1. The van der Waals surface area contributed by atoms with Crippen molar-refractivity contribution in [2.45, 2.75) is 6.04 Å². The molecule has 5 heteroatoms. The number of nitrogens with zero attached hydrogens (tertiary/aromatic N) is 2. The zero-order valence-electron chi connectivity index (χ0n) is 12.3. The smallest absolute Gasteiger partial charge is 0.203 e. The van der Waals surface area contributed by atoms with Crippen molar-refractivity contribution in [1.29, 1.82) is 0 Å². The first-order chi connectivity index (χ1) is 11.1. The third kappa shape index (κ3) is 3.25. The van der Waals surface area contributed by atoms with Gasteiger partial charge in [-0.2, -0.15) is 0 Å². The van der Waals surface area contributed by atoms with E-state index in [1.54, 1.807) is 36.4 Å². The number of nitrogens with two attached hydrogens (primary N) is 1. The molecule has 0 aliphatic heterocycles. The summed E-state index contributed by atoms with van der Waals surface area (Å²) < 4.78 is 0. The van der Waals surface area contributed by atoms with Gasteiger partial charge in [-0.05, 0) is 30.3 Å². The number of ketones is 1. The van der Waals surface area contributed by atoms with Crippen molar-refractivity contribution in [3.63, 3.8) is 0 Å². The van der Waals surface area contributed by atoms with Crippen LogP contribution in [0.5, 0.6) is 5.75 Å². The Morgan fingerprint density at radius 1 is 0.913 bits per heavy atom. The Morgan fingerprint density at radius 3 is 2.13 bits per heavy atom. The third-order valence-corrected chi connectivity index (χ3v) is 3.35. The van der Waals surface area contributed by atoms with E-state index in [1.165, 1.54) is 0 Å². The van der Waals surface area contributed by atoms with Crippen LogP contribution in [0.15, 0.2) is 60.7 Å². The van der Waals surface area contributed by atoms with Crippen LogP contribution in [0.25, 0.3) is 17.1 Å². The average Bonchev–Trinajstić information content (AvgIpc) is 2.58. The lowest BCUT2D eigenvalue weighted by atomic mass is 10.0. The molecule has 4 rings (SSSR count). The van der Waals surface area contributed by atoms with Crippen LogP contribution >= 0.6 is 0 Å². The summed E-state index contributed by atoms with van der Waals surface area (Å²) in [6.45, 7) is 0. The van der Waals surface area contributed by atoms with Crippen LogP contribution in [-0.4, -0.2) is 26.9 Å². The third-order valence-electron chi connectivity index (χ3n) is 3.35. The van der Waals surface area contributed by atoms with Crippen molar-refractivity contribution in [2.24, 2.45) is 5.73 Å². The maximum Gasteiger partial charge on any atom is 0.203 e. The molecule has 0 saturated heterocycles. The van der Waals surface area contributed by atoms with E-state index in [4.69, 9.17) is 10.8 Å². The average molecular weight is 305 g/mol. The molecule has 5 nitrogen and oxygen atoms in total. The number of Topliss-reactive ketones (excluding diaryl/α,β-unsaturated/α-hetero) is 1. The fourth-order valence-electron chi connectivity index (χ4n) is 2.18.